The van der Waals surface area contributed by atoms with E-state index in [4.69, 9.17) is 4.74 Å². The normalized spacial score (nSPS) is 41.6. The van der Waals surface area contributed by atoms with E-state index >= 15 is 0 Å². The molecule has 1 nitrogen and oxygen atoms in total. The summed E-state index contributed by atoms with van der Waals surface area (Å²) < 4.78 is 4.89. The van der Waals surface area contributed by atoms with Gasteiger partial charge < -0.3 is 4.74 Å². The van der Waals surface area contributed by atoms with Crippen molar-refractivity contribution in [1.29, 1.82) is 0 Å². The number of rotatable bonds is 1. The van der Waals surface area contributed by atoms with Gasteiger partial charge in [-0.3, -0.25) is 0 Å². The van der Waals surface area contributed by atoms with E-state index in [2.05, 4.69) is 7.11 Å². The number of ether oxygens (including phenoxy) is 1. The molecule has 0 aliphatic heterocycles. The van der Waals surface area contributed by atoms with Crippen LogP contribution < -0.4 is 0 Å². The van der Waals surface area contributed by atoms with Crippen LogP contribution in [-0.4, -0.2) is 6.10 Å². The average molecular weight is 97.1 g/mol. The minimum atomic E-state index is 0.549. The predicted molar refractivity (Wildman–Crippen MR) is 26.5 cm³/mol. The van der Waals surface area contributed by atoms with Crippen LogP contribution in [0.25, 0.3) is 0 Å². The third-order valence-corrected chi connectivity index (χ3v) is 2.21. The SMILES string of the molecule is [CH2]OC1CC12CC2. The summed E-state index contributed by atoms with van der Waals surface area (Å²) in [5, 5.41) is 0. The molecular formula is C6H9O. The van der Waals surface area contributed by atoms with Crippen molar-refractivity contribution in [2.75, 3.05) is 0 Å². The Labute approximate surface area is 43.7 Å². The molecule has 0 heterocycles. The summed E-state index contributed by atoms with van der Waals surface area (Å²) in [6, 6.07) is 0. The van der Waals surface area contributed by atoms with Crippen LogP contribution in [-0.2, 0) is 4.74 Å². The van der Waals surface area contributed by atoms with E-state index in [9.17, 15) is 0 Å². The van der Waals surface area contributed by atoms with Crippen molar-refractivity contribution in [3.05, 3.63) is 7.11 Å². The first-order valence-corrected chi connectivity index (χ1v) is 2.78. The average Bonchev–Trinajstić information content (AvgIpc) is 2.52. The van der Waals surface area contributed by atoms with Crippen molar-refractivity contribution in [2.45, 2.75) is 25.4 Å². The molecule has 1 atom stereocenters. The molecule has 2 rings (SSSR count). The van der Waals surface area contributed by atoms with E-state index in [0.29, 0.717) is 11.5 Å². The van der Waals surface area contributed by atoms with Gasteiger partial charge in [-0.2, -0.15) is 0 Å². The second kappa shape index (κ2) is 0.873. The van der Waals surface area contributed by atoms with Gasteiger partial charge in [0.15, 0.2) is 0 Å². The molecule has 0 N–H and O–H groups in total. The van der Waals surface area contributed by atoms with Crippen molar-refractivity contribution in [3.8, 4) is 0 Å². The summed E-state index contributed by atoms with van der Waals surface area (Å²) in [5.74, 6) is 0. The van der Waals surface area contributed by atoms with E-state index in [-0.39, 0.29) is 0 Å². The molecule has 2 aliphatic carbocycles. The zero-order valence-electron chi connectivity index (χ0n) is 4.31. The lowest BCUT2D eigenvalue weighted by atomic mass is 10.4. The Hall–Kier alpha value is -0.0400. The van der Waals surface area contributed by atoms with Gasteiger partial charge in [0.1, 0.15) is 0 Å². The van der Waals surface area contributed by atoms with E-state index in [1.807, 2.05) is 0 Å². The van der Waals surface area contributed by atoms with E-state index in [1.54, 1.807) is 0 Å². The third-order valence-electron chi connectivity index (χ3n) is 2.21. The third kappa shape index (κ3) is 0.367. The monoisotopic (exact) mass is 97.1 g/mol. The van der Waals surface area contributed by atoms with Gasteiger partial charge in [-0.05, 0) is 24.7 Å². The first kappa shape index (κ1) is 3.90. The zero-order valence-corrected chi connectivity index (χ0v) is 4.31. The standard InChI is InChI=1S/C6H9O/c1-7-5-4-6(5)2-3-6/h5H,1-4H2. The first-order valence-electron chi connectivity index (χ1n) is 2.78. The van der Waals surface area contributed by atoms with Crippen LogP contribution in [0.4, 0.5) is 0 Å². The minimum Gasteiger partial charge on any atom is -0.375 e. The van der Waals surface area contributed by atoms with E-state index in [1.165, 1.54) is 19.3 Å². The molecule has 0 aromatic heterocycles. The second-order valence-corrected chi connectivity index (χ2v) is 2.72. The Balaban J connectivity index is 1.97. The molecular weight excluding hydrogens is 88.1 g/mol. The van der Waals surface area contributed by atoms with Crippen molar-refractivity contribution < 1.29 is 4.74 Å². The van der Waals surface area contributed by atoms with Crippen LogP contribution in [0.15, 0.2) is 0 Å². The van der Waals surface area contributed by atoms with Gasteiger partial charge in [-0.15, -0.1) is 0 Å². The van der Waals surface area contributed by atoms with Gasteiger partial charge in [-0.25, -0.2) is 0 Å². The zero-order chi connectivity index (χ0) is 4.91. The highest BCUT2D eigenvalue weighted by Crippen LogP contribution is 2.67. The lowest BCUT2D eigenvalue weighted by Crippen LogP contribution is -1.85. The second-order valence-electron chi connectivity index (χ2n) is 2.72. The van der Waals surface area contributed by atoms with Crippen molar-refractivity contribution >= 4 is 0 Å². The molecule has 0 aromatic rings. The molecule has 39 valence electrons. The summed E-state index contributed by atoms with van der Waals surface area (Å²) in [6.07, 6.45) is 4.63. The van der Waals surface area contributed by atoms with Crippen LogP contribution >= 0.6 is 0 Å². The quantitative estimate of drug-likeness (QED) is 0.480. The Kier molecular flexibility index (Phi) is 0.487. The summed E-state index contributed by atoms with van der Waals surface area (Å²) in [7, 11) is 3.38. The minimum absolute atomic E-state index is 0.549. The Bertz CT molecular complexity index is 94.4. The molecule has 2 saturated carbocycles. The molecule has 1 radical (unpaired) electrons. The van der Waals surface area contributed by atoms with Gasteiger partial charge in [0.05, 0.1) is 13.2 Å². The van der Waals surface area contributed by atoms with Crippen molar-refractivity contribution in [2.24, 2.45) is 5.41 Å². The maximum atomic E-state index is 4.89. The molecule has 0 saturated heterocycles. The predicted octanol–water partition coefficient (Wildman–Crippen LogP) is 1.35. The van der Waals surface area contributed by atoms with Crippen LogP contribution in [0, 0.1) is 12.5 Å². The van der Waals surface area contributed by atoms with Crippen LogP contribution in [0.2, 0.25) is 0 Å². The Morgan fingerprint density at radius 2 is 2.29 bits per heavy atom. The van der Waals surface area contributed by atoms with Crippen LogP contribution in [0.3, 0.4) is 0 Å². The summed E-state index contributed by atoms with van der Waals surface area (Å²) >= 11 is 0. The summed E-state index contributed by atoms with van der Waals surface area (Å²) in [4.78, 5) is 0. The molecule has 0 bridgehead atoms. The fourth-order valence-electron chi connectivity index (χ4n) is 1.23. The fourth-order valence-corrected chi connectivity index (χ4v) is 1.23. The van der Waals surface area contributed by atoms with E-state index in [0.717, 1.165) is 0 Å². The largest absolute Gasteiger partial charge is 0.375 e. The molecule has 0 amide bonds. The first-order chi connectivity index (χ1) is 3.37. The van der Waals surface area contributed by atoms with Gasteiger partial charge >= 0.3 is 0 Å². The van der Waals surface area contributed by atoms with Gasteiger partial charge in [0.2, 0.25) is 0 Å². The highest BCUT2D eigenvalue weighted by Gasteiger charge is 2.63. The highest BCUT2D eigenvalue weighted by atomic mass is 16.5. The maximum absolute atomic E-state index is 4.89. The lowest BCUT2D eigenvalue weighted by Gasteiger charge is -1.86. The highest BCUT2D eigenvalue weighted by molar-refractivity contribution is 5.14. The molecule has 1 unspecified atom stereocenters. The topological polar surface area (TPSA) is 9.23 Å². The molecule has 0 aromatic carbocycles. The molecule has 2 fully saturated rings. The number of hydrogen-bond acceptors (Lipinski definition) is 1. The van der Waals surface area contributed by atoms with Crippen molar-refractivity contribution in [3.63, 3.8) is 0 Å². The molecule has 1 heteroatoms. The van der Waals surface area contributed by atoms with Gasteiger partial charge in [0, 0.05) is 0 Å². The number of hydrogen-bond donors (Lipinski definition) is 0. The fraction of sp³-hybridized carbons (Fsp3) is 0.833. The molecule has 1 spiro atoms. The van der Waals surface area contributed by atoms with Crippen molar-refractivity contribution in [1.82, 2.24) is 0 Å². The smallest absolute Gasteiger partial charge is 0.0704 e. The van der Waals surface area contributed by atoms with Crippen LogP contribution in [0.1, 0.15) is 19.3 Å². The maximum Gasteiger partial charge on any atom is 0.0704 e. The molecule has 2 aliphatic rings. The van der Waals surface area contributed by atoms with Gasteiger partial charge in [-0.1, -0.05) is 0 Å². The van der Waals surface area contributed by atoms with Crippen LogP contribution in [0.5, 0.6) is 0 Å². The van der Waals surface area contributed by atoms with Gasteiger partial charge in [0.25, 0.3) is 0 Å². The van der Waals surface area contributed by atoms with E-state index < -0.39 is 0 Å². The molecule has 7 heavy (non-hydrogen) atoms. The summed E-state index contributed by atoms with van der Waals surface area (Å²) in [6.45, 7) is 0. The lowest BCUT2D eigenvalue weighted by molar-refractivity contribution is 0.207. The Morgan fingerprint density at radius 1 is 1.57 bits per heavy atom. The Morgan fingerprint density at radius 3 is 2.43 bits per heavy atom. The summed E-state index contributed by atoms with van der Waals surface area (Å²) in [5.41, 5.74) is 0.682.